The highest BCUT2D eigenvalue weighted by atomic mass is 35.5. The Morgan fingerprint density at radius 2 is 1.67 bits per heavy atom. The molecule has 33 heavy (non-hydrogen) atoms. The highest BCUT2D eigenvalue weighted by Crippen LogP contribution is 2.28. The van der Waals surface area contributed by atoms with Crippen molar-refractivity contribution in [1.82, 2.24) is 10.7 Å². The lowest BCUT2D eigenvalue weighted by molar-refractivity contribution is -0.596. The van der Waals surface area contributed by atoms with Crippen LogP contribution in [0.2, 0.25) is 15.1 Å². The Hall–Kier alpha value is -3.06. The van der Waals surface area contributed by atoms with Crippen LogP contribution in [0.15, 0.2) is 66.7 Å². The van der Waals surface area contributed by atoms with Gasteiger partial charge < -0.3 is 10.1 Å². The van der Waals surface area contributed by atoms with Crippen LogP contribution < -0.4 is 15.5 Å². The van der Waals surface area contributed by atoms with Gasteiger partial charge in [0.15, 0.2) is 6.04 Å². The number of rotatable bonds is 5. The van der Waals surface area contributed by atoms with Gasteiger partial charge in [0.2, 0.25) is 12.3 Å². The number of methoxy groups -OCH3 is 1. The zero-order valence-corrected chi connectivity index (χ0v) is 19.7. The number of hydrogen-bond donors (Lipinski definition) is 2. The van der Waals surface area contributed by atoms with Gasteiger partial charge in [-0.2, -0.15) is 0 Å². The number of nitrogens with one attached hydrogen (secondary N) is 2. The second-order valence-corrected chi connectivity index (χ2v) is 8.63. The average molecular weight is 504 g/mol. The molecule has 1 saturated heterocycles. The number of nitrogens with zero attached hydrogens (tertiary/aromatic N) is 1. The number of hydrogen-bond acceptors (Lipinski definition) is 3. The quantitative estimate of drug-likeness (QED) is 0.497. The summed E-state index contributed by atoms with van der Waals surface area (Å²) < 4.78 is 6.76. The molecule has 1 fully saturated rings. The van der Waals surface area contributed by atoms with Crippen molar-refractivity contribution >= 4 is 52.8 Å². The third kappa shape index (κ3) is 5.14. The first-order chi connectivity index (χ1) is 15.9. The van der Waals surface area contributed by atoms with Crippen LogP contribution in [-0.4, -0.2) is 35.9 Å². The molecule has 3 aromatic carbocycles. The summed E-state index contributed by atoms with van der Waals surface area (Å²) in [7, 11) is 1.55. The smallest absolute Gasteiger partial charge is 0.304 e. The first-order valence-electron chi connectivity index (χ1n) is 9.95. The lowest BCUT2D eigenvalue weighted by Gasteiger charge is -2.15. The topological polar surface area (TPSA) is 70.4 Å². The summed E-state index contributed by atoms with van der Waals surface area (Å²) in [6.45, 7) is 0. The van der Waals surface area contributed by atoms with Gasteiger partial charge in [-0.15, -0.1) is 10.1 Å². The summed E-state index contributed by atoms with van der Waals surface area (Å²) in [6.07, 6.45) is 1.70. The van der Waals surface area contributed by atoms with Crippen LogP contribution >= 0.6 is 34.8 Å². The first kappa shape index (κ1) is 23.1. The van der Waals surface area contributed by atoms with Gasteiger partial charge in [0.1, 0.15) is 5.75 Å². The van der Waals surface area contributed by atoms with Gasteiger partial charge in [-0.3, -0.25) is 9.59 Å². The van der Waals surface area contributed by atoms with Gasteiger partial charge in [-0.25, -0.2) is 0 Å². The summed E-state index contributed by atoms with van der Waals surface area (Å²) in [6, 6.07) is 17.4. The fourth-order valence-electron chi connectivity index (χ4n) is 3.56. The molecule has 0 saturated carbocycles. The Bertz CT molecular complexity index is 1230. The second-order valence-electron chi connectivity index (χ2n) is 7.35. The van der Waals surface area contributed by atoms with Crippen molar-refractivity contribution in [3.8, 4) is 5.75 Å². The Labute approximate surface area is 205 Å². The molecule has 0 bridgehead atoms. The number of hydrazine groups is 1. The highest BCUT2D eigenvalue weighted by Gasteiger charge is 2.47. The molecule has 0 radical (unpaired) electrons. The van der Waals surface area contributed by atoms with Gasteiger partial charge in [0.25, 0.3) is 5.91 Å². The number of benzene rings is 3. The fourth-order valence-corrected chi connectivity index (χ4v) is 4.15. The molecule has 1 heterocycles. The van der Waals surface area contributed by atoms with Gasteiger partial charge in [-0.1, -0.05) is 46.9 Å². The number of carbonyl (C=O) groups excluding carboxylic acids is 2. The van der Waals surface area contributed by atoms with Crippen molar-refractivity contribution in [2.45, 2.75) is 12.1 Å². The molecule has 2 amide bonds. The van der Waals surface area contributed by atoms with E-state index in [4.69, 9.17) is 39.5 Å². The number of amides is 2. The fraction of sp³-hybridized carbons (Fsp3) is 0.125. The van der Waals surface area contributed by atoms with E-state index in [1.54, 1.807) is 72.6 Å². The van der Waals surface area contributed by atoms with E-state index in [0.717, 1.165) is 5.56 Å². The molecular weight excluding hydrogens is 485 g/mol. The van der Waals surface area contributed by atoms with E-state index in [1.807, 2.05) is 12.1 Å². The van der Waals surface area contributed by atoms with Crippen molar-refractivity contribution in [2.24, 2.45) is 0 Å². The van der Waals surface area contributed by atoms with Gasteiger partial charge in [0.05, 0.1) is 17.7 Å². The Balaban J connectivity index is 1.70. The summed E-state index contributed by atoms with van der Waals surface area (Å²) in [5.74, 6) is -0.119. The molecule has 4 rings (SSSR count). The lowest BCUT2D eigenvalue weighted by Crippen LogP contribution is -2.42. The van der Waals surface area contributed by atoms with E-state index in [-0.39, 0.29) is 11.8 Å². The largest absolute Gasteiger partial charge is 0.497 e. The maximum Gasteiger partial charge on any atom is 0.304 e. The SMILES string of the molecule is COc1ccc(C(=O)N[C@H]2C(=O)N/[N+](=C\c3ccc(Cl)cc3Cl)[C@H]2c2ccc(Cl)cc2)cc1. The second kappa shape index (κ2) is 9.83. The van der Waals surface area contributed by atoms with Gasteiger partial charge >= 0.3 is 5.91 Å². The minimum absolute atomic E-state index is 0.363. The molecule has 0 aromatic heterocycles. The summed E-state index contributed by atoms with van der Waals surface area (Å²) >= 11 is 18.4. The van der Waals surface area contributed by atoms with Crippen LogP contribution in [0.3, 0.4) is 0 Å². The minimum Gasteiger partial charge on any atom is -0.497 e. The van der Waals surface area contributed by atoms with E-state index in [9.17, 15) is 9.59 Å². The van der Waals surface area contributed by atoms with Crippen LogP contribution in [0.4, 0.5) is 0 Å². The summed E-state index contributed by atoms with van der Waals surface area (Å²) in [5, 5.41) is 4.34. The molecular formula is C24H19Cl3N3O3+. The number of hydrazone groups is 1. The predicted molar refractivity (Wildman–Crippen MR) is 128 cm³/mol. The maximum atomic E-state index is 12.9. The molecule has 168 valence electrons. The number of ether oxygens (including phenoxy) is 1. The first-order valence-corrected chi connectivity index (χ1v) is 11.1. The molecule has 1 aliphatic rings. The summed E-state index contributed by atoms with van der Waals surface area (Å²) in [4.78, 5) is 25.9. The van der Waals surface area contributed by atoms with E-state index in [1.165, 1.54) is 0 Å². The summed E-state index contributed by atoms with van der Waals surface area (Å²) in [5.41, 5.74) is 4.65. The van der Waals surface area contributed by atoms with Crippen LogP contribution in [-0.2, 0) is 4.79 Å². The molecule has 2 N–H and O–H groups in total. The minimum atomic E-state index is -0.872. The zero-order chi connectivity index (χ0) is 23.5. The Morgan fingerprint density at radius 3 is 2.30 bits per heavy atom. The van der Waals surface area contributed by atoms with Gasteiger partial charge in [0, 0.05) is 21.2 Å². The molecule has 3 aromatic rings. The van der Waals surface area contributed by atoms with E-state index < -0.39 is 12.1 Å². The van der Waals surface area contributed by atoms with E-state index in [0.29, 0.717) is 31.9 Å². The van der Waals surface area contributed by atoms with Crippen molar-refractivity contribution in [2.75, 3.05) is 7.11 Å². The highest BCUT2D eigenvalue weighted by molar-refractivity contribution is 6.36. The van der Waals surface area contributed by atoms with Crippen molar-refractivity contribution < 1.29 is 19.0 Å². The molecule has 0 spiro atoms. The molecule has 2 atom stereocenters. The standard InChI is InChI=1S/C24H18Cl3N3O3/c1-33-19-10-5-15(6-11-19)23(31)28-21-22(14-2-7-17(25)8-3-14)30(29-24(21)32)13-16-4-9-18(26)12-20(16)27/h2-13,21-22H,1H3,(H-,28,29,31,32)/p+1/b30-13-/t21-,22+/m1/s1. The van der Waals surface area contributed by atoms with Gasteiger partial charge in [-0.05, 0) is 54.6 Å². The average Bonchev–Trinajstić information content (AvgIpc) is 3.10. The predicted octanol–water partition coefficient (Wildman–Crippen LogP) is 4.67. The monoisotopic (exact) mass is 502 g/mol. The third-order valence-corrected chi connectivity index (χ3v) is 6.04. The van der Waals surface area contributed by atoms with E-state index >= 15 is 0 Å². The molecule has 0 aliphatic carbocycles. The van der Waals surface area contributed by atoms with Crippen LogP contribution in [0, 0.1) is 0 Å². The lowest BCUT2D eigenvalue weighted by atomic mass is 9.99. The van der Waals surface area contributed by atoms with Crippen molar-refractivity contribution in [3.05, 3.63) is 98.5 Å². The number of halogens is 3. The number of carbonyl (C=O) groups is 2. The molecule has 6 nitrogen and oxygen atoms in total. The Kier molecular flexibility index (Phi) is 6.88. The molecule has 9 heteroatoms. The van der Waals surface area contributed by atoms with E-state index in [2.05, 4.69) is 10.7 Å². The Morgan fingerprint density at radius 1 is 1.00 bits per heavy atom. The van der Waals surface area contributed by atoms with Crippen LogP contribution in [0.1, 0.15) is 27.5 Å². The van der Waals surface area contributed by atoms with Crippen molar-refractivity contribution in [3.63, 3.8) is 0 Å². The van der Waals surface area contributed by atoms with Crippen molar-refractivity contribution in [1.29, 1.82) is 0 Å². The van der Waals surface area contributed by atoms with Crippen LogP contribution in [0.25, 0.3) is 0 Å². The zero-order valence-electron chi connectivity index (χ0n) is 17.4. The molecule has 0 unspecified atom stereocenters. The van der Waals surface area contributed by atoms with Crippen LogP contribution in [0.5, 0.6) is 5.75 Å². The third-order valence-electron chi connectivity index (χ3n) is 5.23. The molecule has 1 aliphatic heterocycles. The maximum absolute atomic E-state index is 12.9. The normalized spacial score (nSPS) is 18.8.